The number of H-pyrrole nitrogens is 1. The predicted octanol–water partition coefficient (Wildman–Crippen LogP) is 2.66. The molecule has 0 atom stereocenters. The summed E-state index contributed by atoms with van der Waals surface area (Å²) in [7, 11) is 0. The van der Waals surface area contributed by atoms with Gasteiger partial charge in [0.05, 0.1) is 11.9 Å². The fourth-order valence-electron chi connectivity index (χ4n) is 4.19. The Morgan fingerprint density at radius 3 is 2.78 bits per heavy atom. The number of carbonyl (C=O) groups excluding carboxylic acids is 1. The van der Waals surface area contributed by atoms with E-state index in [9.17, 15) is 13.6 Å². The summed E-state index contributed by atoms with van der Waals surface area (Å²) in [6.45, 7) is 2.06. The summed E-state index contributed by atoms with van der Waals surface area (Å²) >= 11 is 0. The average Bonchev–Trinajstić information content (AvgIpc) is 3.22. The molecule has 0 spiro atoms. The SMILES string of the molecule is O=C(C1CC(F)(F)C1)N1CCc2[nH]nc(-c3cnn(CC4CC4)c3)c2CC1. The van der Waals surface area contributed by atoms with Gasteiger partial charge < -0.3 is 4.90 Å². The number of aromatic amines is 1. The molecule has 2 aromatic rings. The number of amides is 1. The topological polar surface area (TPSA) is 66.8 Å². The van der Waals surface area contributed by atoms with E-state index in [0.717, 1.165) is 35.0 Å². The highest BCUT2D eigenvalue weighted by Gasteiger charge is 2.49. The Hall–Kier alpha value is -2.25. The quantitative estimate of drug-likeness (QED) is 0.893. The zero-order valence-electron chi connectivity index (χ0n) is 15.1. The first-order chi connectivity index (χ1) is 13.0. The maximum Gasteiger partial charge on any atom is 0.249 e. The zero-order valence-corrected chi connectivity index (χ0v) is 15.1. The molecule has 1 amide bonds. The number of fused-ring (bicyclic) bond motifs is 1. The number of rotatable bonds is 4. The van der Waals surface area contributed by atoms with Crippen LogP contribution in [0.1, 0.15) is 36.9 Å². The lowest BCUT2D eigenvalue weighted by molar-refractivity contribution is -0.159. The van der Waals surface area contributed by atoms with E-state index >= 15 is 0 Å². The number of nitrogens with one attached hydrogen (secondary N) is 1. The summed E-state index contributed by atoms with van der Waals surface area (Å²) in [6.07, 6.45) is 7.20. The van der Waals surface area contributed by atoms with Gasteiger partial charge in [0.1, 0.15) is 0 Å². The summed E-state index contributed by atoms with van der Waals surface area (Å²) in [5.41, 5.74) is 4.05. The van der Waals surface area contributed by atoms with Gasteiger partial charge in [-0.25, -0.2) is 8.78 Å². The molecule has 1 aliphatic heterocycles. The van der Waals surface area contributed by atoms with E-state index in [0.29, 0.717) is 25.9 Å². The van der Waals surface area contributed by atoms with Crippen molar-refractivity contribution in [2.24, 2.45) is 11.8 Å². The molecule has 3 aliphatic rings. The van der Waals surface area contributed by atoms with E-state index < -0.39 is 11.8 Å². The molecule has 0 unspecified atom stereocenters. The number of halogens is 2. The van der Waals surface area contributed by atoms with Crippen molar-refractivity contribution in [2.75, 3.05) is 13.1 Å². The van der Waals surface area contributed by atoms with Crippen LogP contribution >= 0.6 is 0 Å². The van der Waals surface area contributed by atoms with Crippen molar-refractivity contribution in [3.05, 3.63) is 23.7 Å². The third-order valence-corrected chi connectivity index (χ3v) is 6.02. The lowest BCUT2D eigenvalue weighted by Crippen LogP contribution is -2.47. The highest BCUT2D eigenvalue weighted by atomic mass is 19.3. The van der Waals surface area contributed by atoms with Crippen LogP contribution in [0.5, 0.6) is 0 Å². The lowest BCUT2D eigenvalue weighted by atomic mass is 9.80. The molecule has 0 aromatic carbocycles. The summed E-state index contributed by atoms with van der Waals surface area (Å²) < 4.78 is 28.2. The van der Waals surface area contributed by atoms with Crippen molar-refractivity contribution >= 4 is 5.91 Å². The third-order valence-electron chi connectivity index (χ3n) is 6.02. The number of aromatic nitrogens is 4. The molecule has 27 heavy (non-hydrogen) atoms. The Morgan fingerprint density at radius 2 is 2.04 bits per heavy atom. The van der Waals surface area contributed by atoms with Crippen LogP contribution in [-0.2, 0) is 24.2 Å². The number of hydrogen-bond donors (Lipinski definition) is 1. The van der Waals surface area contributed by atoms with Crippen LogP contribution in [0.15, 0.2) is 12.4 Å². The Kier molecular flexibility index (Phi) is 3.84. The van der Waals surface area contributed by atoms with Crippen molar-refractivity contribution in [1.82, 2.24) is 24.9 Å². The average molecular weight is 375 g/mol. The van der Waals surface area contributed by atoms with E-state index in [2.05, 4.69) is 15.3 Å². The van der Waals surface area contributed by atoms with E-state index in [1.54, 1.807) is 4.90 Å². The number of hydrogen-bond acceptors (Lipinski definition) is 3. The predicted molar refractivity (Wildman–Crippen MR) is 94.2 cm³/mol. The zero-order chi connectivity index (χ0) is 18.6. The largest absolute Gasteiger partial charge is 0.342 e. The molecule has 2 fully saturated rings. The molecule has 0 radical (unpaired) electrons. The summed E-state index contributed by atoms with van der Waals surface area (Å²) in [6, 6.07) is 0. The first kappa shape index (κ1) is 16.9. The van der Waals surface area contributed by atoms with E-state index in [-0.39, 0.29) is 18.7 Å². The molecule has 0 bridgehead atoms. The van der Waals surface area contributed by atoms with E-state index in [1.807, 2.05) is 17.1 Å². The van der Waals surface area contributed by atoms with Crippen molar-refractivity contribution in [1.29, 1.82) is 0 Å². The van der Waals surface area contributed by atoms with Crippen molar-refractivity contribution in [3.63, 3.8) is 0 Å². The minimum Gasteiger partial charge on any atom is -0.342 e. The van der Waals surface area contributed by atoms with Gasteiger partial charge in [-0.05, 0) is 25.2 Å². The molecule has 2 aromatic heterocycles. The lowest BCUT2D eigenvalue weighted by Gasteiger charge is -2.37. The Labute approximate surface area is 155 Å². The summed E-state index contributed by atoms with van der Waals surface area (Å²) in [5.74, 6) is -2.55. The highest BCUT2D eigenvalue weighted by molar-refractivity contribution is 5.80. The molecule has 2 saturated carbocycles. The summed E-state index contributed by atoms with van der Waals surface area (Å²) in [4.78, 5) is 14.3. The van der Waals surface area contributed by atoms with Gasteiger partial charge in [0.2, 0.25) is 11.8 Å². The van der Waals surface area contributed by atoms with Gasteiger partial charge in [-0.2, -0.15) is 10.2 Å². The van der Waals surface area contributed by atoms with Crippen molar-refractivity contribution in [3.8, 4) is 11.3 Å². The molecular formula is C19H23F2N5O. The molecule has 8 heteroatoms. The van der Waals surface area contributed by atoms with Gasteiger partial charge in [0.25, 0.3) is 0 Å². The van der Waals surface area contributed by atoms with Gasteiger partial charge in [-0.15, -0.1) is 0 Å². The van der Waals surface area contributed by atoms with Gasteiger partial charge >= 0.3 is 0 Å². The van der Waals surface area contributed by atoms with Gasteiger partial charge in [-0.1, -0.05) is 0 Å². The molecule has 3 heterocycles. The molecule has 144 valence electrons. The smallest absolute Gasteiger partial charge is 0.249 e. The van der Waals surface area contributed by atoms with Crippen molar-refractivity contribution in [2.45, 2.75) is 51.0 Å². The van der Waals surface area contributed by atoms with Crippen LogP contribution in [0.4, 0.5) is 8.78 Å². The van der Waals surface area contributed by atoms with Crippen LogP contribution in [0.2, 0.25) is 0 Å². The maximum absolute atomic E-state index is 13.1. The highest BCUT2D eigenvalue weighted by Crippen LogP contribution is 2.43. The second-order valence-corrected chi connectivity index (χ2v) is 8.21. The Bertz CT molecular complexity index is 861. The van der Waals surface area contributed by atoms with Gasteiger partial charge in [-0.3, -0.25) is 14.6 Å². The molecule has 6 nitrogen and oxygen atoms in total. The Morgan fingerprint density at radius 1 is 1.26 bits per heavy atom. The van der Waals surface area contributed by atoms with Crippen LogP contribution in [0.25, 0.3) is 11.3 Å². The normalized spacial score (nSPS) is 22.2. The number of alkyl halides is 2. The summed E-state index contributed by atoms with van der Waals surface area (Å²) in [5, 5.41) is 12.1. The molecule has 2 aliphatic carbocycles. The minimum atomic E-state index is -2.66. The first-order valence-electron chi connectivity index (χ1n) is 9.74. The van der Waals surface area contributed by atoms with Crippen LogP contribution in [0, 0.1) is 11.8 Å². The second-order valence-electron chi connectivity index (χ2n) is 8.21. The molecule has 1 N–H and O–H groups in total. The van der Waals surface area contributed by atoms with E-state index in [1.165, 1.54) is 12.8 Å². The monoisotopic (exact) mass is 375 g/mol. The van der Waals surface area contributed by atoms with Crippen molar-refractivity contribution < 1.29 is 13.6 Å². The second kappa shape index (κ2) is 6.14. The van der Waals surface area contributed by atoms with Crippen LogP contribution < -0.4 is 0 Å². The fraction of sp³-hybridized carbons (Fsp3) is 0.632. The van der Waals surface area contributed by atoms with Gasteiger partial charge in [0.15, 0.2) is 0 Å². The first-order valence-corrected chi connectivity index (χ1v) is 9.74. The molecule has 0 saturated heterocycles. The molecular weight excluding hydrogens is 352 g/mol. The fourth-order valence-corrected chi connectivity index (χ4v) is 4.19. The van der Waals surface area contributed by atoms with Crippen LogP contribution in [-0.4, -0.2) is 49.8 Å². The maximum atomic E-state index is 13.1. The number of nitrogens with zero attached hydrogens (tertiary/aromatic N) is 4. The molecule has 5 rings (SSSR count). The Balaban J connectivity index is 1.29. The minimum absolute atomic E-state index is 0.127. The van der Waals surface area contributed by atoms with E-state index in [4.69, 9.17) is 0 Å². The standard InChI is InChI=1S/C19H23F2N5O/c20-19(21)7-13(8-19)18(27)25-5-3-15-16(4-6-25)23-24-17(15)14-9-22-26(11-14)10-12-1-2-12/h9,11-13H,1-8,10H2,(H,23,24). The number of carbonyl (C=O) groups is 1. The third kappa shape index (κ3) is 3.26. The van der Waals surface area contributed by atoms with Gasteiger partial charge in [0, 0.05) is 67.8 Å². The van der Waals surface area contributed by atoms with Crippen LogP contribution in [0.3, 0.4) is 0 Å².